The fourth-order valence-corrected chi connectivity index (χ4v) is 3.34. The summed E-state index contributed by atoms with van der Waals surface area (Å²) in [4.78, 5) is 4.08. The van der Waals surface area contributed by atoms with Crippen molar-refractivity contribution >= 4 is 22.5 Å². The highest BCUT2D eigenvalue weighted by Crippen LogP contribution is 2.35. The SMILES string of the molecule is COc1cc2c(Cl)c(F)cnc2cc1OCCCC1CCCNC1. The molecule has 24 heavy (non-hydrogen) atoms. The minimum absolute atomic E-state index is 0.0506. The second-order valence-corrected chi connectivity index (χ2v) is 6.52. The zero-order chi connectivity index (χ0) is 16.9. The lowest BCUT2D eigenvalue weighted by atomic mass is 9.95. The molecule has 1 aromatic heterocycles. The second-order valence-electron chi connectivity index (χ2n) is 6.14. The van der Waals surface area contributed by atoms with Crippen molar-refractivity contribution in [3.63, 3.8) is 0 Å². The van der Waals surface area contributed by atoms with Crippen molar-refractivity contribution in [1.29, 1.82) is 0 Å². The van der Waals surface area contributed by atoms with E-state index < -0.39 is 5.82 Å². The third kappa shape index (κ3) is 3.90. The number of fused-ring (bicyclic) bond motifs is 1. The van der Waals surface area contributed by atoms with Gasteiger partial charge in [-0.2, -0.15) is 0 Å². The molecule has 4 nitrogen and oxygen atoms in total. The van der Waals surface area contributed by atoms with E-state index in [1.54, 1.807) is 19.2 Å². The fourth-order valence-electron chi connectivity index (χ4n) is 3.14. The van der Waals surface area contributed by atoms with Gasteiger partial charge in [0, 0.05) is 11.5 Å². The molecule has 0 amide bonds. The van der Waals surface area contributed by atoms with E-state index in [1.165, 1.54) is 12.8 Å². The number of nitrogens with zero attached hydrogens (tertiary/aromatic N) is 1. The standard InChI is InChI=1S/C18H22ClFN2O2/c1-23-16-8-13-15(22-11-14(20)18(13)19)9-17(16)24-7-3-5-12-4-2-6-21-10-12/h8-9,11-12,21H,2-7,10H2,1H3. The molecule has 1 aliphatic rings. The van der Waals surface area contributed by atoms with Crippen molar-refractivity contribution in [2.45, 2.75) is 25.7 Å². The predicted octanol–water partition coefficient (Wildman–Crippen LogP) is 4.19. The molecule has 0 saturated carbocycles. The van der Waals surface area contributed by atoms with Gasteiger partial charge in [0.05, 0.1) is 30.5 Å². The van der Waals surface area contributed by atoms with Gasteiger partial charge < -0.3 is 14.8 Å². The van der Waals surface area contributed by atoms with Crippen molar-refractivity contribution in [2.24, 2.45) is 5.92 Å². The quantitative estimate of drug-likeness (QED) is 0.791. The van der Waals surface area contributed by atoms with Crippen molar-refractivity contribution in [2.75, 3.05) is 26.8 Å². The summed E-state index contributed by atoms with van der Waals surface area (Å²) in [7, 11) is 1.56. The maximum atomic E-state index is 13.5. The highest BCUT2D eigenvalue weighted by molar-refractivity contribution is 6.35. The molecule has 2 aromatic rings. The molecule has 1 saturated heterocycles. The Kier molecular flexibility index (Phi) is 5.74. The fraction of sp³-hybridized carbons (Fsp3) is 0.500. The second kappa shape index (κ2) is 7.99. The number of pyridine rings is 1. The number of rotatable bonds is 6. The molecule has 0 radical (unpaired) electrons. The Labute approximate surface area is 146 Å². The Morgan fingerprint density at radius 1 is 1.38 bits per heavy atom. The summed E-state index contributed by atoms with van der Waals surface area (Å²) in [6.45, 7) is 2.86. The number of hydrogen-bond donors (Lipinski definition) is 1. The Balaban J connectivity index is 1.66. The van der Waals surface area contributed by atoms with Crippen LogP contribution in [0, 0.1) is 11.7 Å². The highest BCUT2D eigenvalue weighted by Gasteiger charge is 2.14. The van der Waals surface area contributed by atoms with Crippen LogP contribution in [0.3, 0.4) is 0 Å². The highest BCUT2D eigenvalue weighted by atomic mass is 35.5. The van der Waals surface area contributed by atoms with Gasteiger partial charge in [-0.25, -0.2) is 4.39 Å². The summed E-state index contributed by atoms with van der Waals surface area (Å²) in [6, 6.07) is 3.43. The lowest BCUT2D eigenvalue weighted by Crippen LogP contribution is -2.29. The topological polar surface area (TPSA) is 43.4 Å². The van der Waals surface area contributed by atoms with Gasteiger partial charge in [0.1, 0.15) is 0 Å². The number of benzene rings is 1. The van der Waals surface area contributed by atoms with E-state index in [4.69, 9.17) is 21.1 Å². The summed E-state index contributed by atoms with van der Waals surface area (Å²) in [5, 5.41) is 4.00. The van der Waals surface area contributed by atoms with Gasteiger partial charge in [0.2, 0.25) is 0 Å². The Hall–Kier alpha value is -1.59. The minimum Gasteiger partial charge on any atom is -0.493 e. The number of methoxy groups -OCH3 is 1. The Bertz CT molecular complexity index is 705. The number of nitrogens with one attached hydrogen (secondary N) is 1. The van der Waals surface area contributed by atoms with Gasteiger partial charge in [-0.05, 0) is 50.8 Å². The number of halogens is 2. The zero-order valence-corrected chi connectivity index (χ0v) is 14.5. The van der Waals surface area contributed by atoms with E-state index in [-0.39, 0.29) is 5.02 Å². The van der Waals surface area contributed by atoms with E-state index in [9.17, 15) is 4.39 Å². The van der Waals surface area contributed by atoms with Crippen LogP contribution in [0.1, 0.15) is 25.7 Å². The lowest BCUT2D eigenvalue weighted by Gasteiger charge is -2.22. The maximum Gasteiger partial charge on any atom is 0.163 e. The maximum absolute atomic E-state index is 13.5. The van der Waals surface area contributed by atoms with Crippen LogP contribution in [-0.4, -0.2) is 31.8 Å². The van der Waals surface area contributed by atoms with Gasteiger partial charge >= 0.3 is 0 Å². The molecule has 0 aliphatic carbocycles. The van der Waals surface area contributed by atoms with Gasteiger partial charge in [-0.3, -0.25) is 4.98 Å². The predicted molar refractivity (Wildman–Crippen MR) is 93.6 cm³/mol. The first-order chi connectivity index (χ1) is 11.7. The summed E-state index contributed by atoms with van der Waals surface area (Å²) >= 11 is 6.00. The molecule has 1 unspecified atom stereocenters. The van der Waals surface area contributed by atoms with Crippen LogP contribution in [0.25, 0.3) is 10.9 Å². The van der Waals surface area contributed by atoms with Crippen molar-refractivity contribution in [3.8, 4) is 11.5 Å². The molecule has 2 heterocycles. The van der Waals surface area contributed by atoms with E-state index >= 15 is 0 Å². The Morgan fingerprint density at radius 3 is 3.00 bits per heavy atom. The van der Waals surface area contributed by atoms with Crippen LogP contribution in [0.4, 0.5) is 4.39 Å². The Morgan fingerprint density at radius 2 is 2.25 bits per heavy atom. The average Bonchev–Trinajstić information content (AvgIpc) is 2.62. The van der Waals surface area contributed by atoms with E-state index in [2.05, 4.69) is 10.3 Å². The smallest absolute Gasteiger partial charge is 0.163 e. The van der Waals surface area contributed by atoms with Crippen LogP contribution >= 0.6 is 11.6 Å². The molecular weight excluding hydrogens is 331 g/mol. The summed E-state index contributed by atoms with van der Waals surface area (Å²) < 4.78 is 24.8. The third-order valence-corrected chi connectivity index (χ3v) is 4.84. The summed E-state index contributed by atoms with van der Waals surface area (Å²) in [6.07, 6.45) is 5.81. The van der Waals surface area contributed by atoms with Crippen molar-refractivity contribution < 1.29 is 13.9 Å². The largest absolute Gasteiger partial charge is 0.493 e. The zero-order valence-electron chi connectivity index (χ0n) is 13.8. The van der Waals surface area contributed by atoms with Crippen molar-refractivity contribution in [1.82, 2.24) is 10.3 Å². The van der Waals surface area contributed by atoms with Gasteiger partial charge in [0.15, 0.2) is 17.3 Å². The lowest BCUT2D eigenvalue weighted by molar-refractivity contribution is 0.264. The van der Waals surface area contributed by atoms with Crippen LogP contribution < -0.4 is 14.8 Å². The van der Waals surface area contributed by atoms with E-state index in [1.807, 2.05) is 0 Å². The normalized spacial score (nSPS) is 17.9. The molecule has 1 atom stereocenters. The third-order valence-electron chi connectivity index (χ3n) is 4.46. The summed E-state index contributed by atoms with van der Waals surface area (Å²) in [5.41, 5.74) is 0.591. The molecule has 130 valence electrons. The number of piperidine rings is 1. The first-order valence-corrected chi connectivity index (χ1v) is 8.72. The molecule has 1 fully saturated rings. The molecule has 1 aromatic carbocycles. The van der Waals surface area contributed by atoms with Crippen LogP contribution in [-0.2, 0) is 0 Å². The first kappa shape index (κ1) is 17.2. The molecule has 0 spiro atoms. The first-order valence-electron chi connectivity index (χ1n) is 8.34. The number of aromatic nitrogens is 1. The molecule has 6 heteroatoms. The molecule has 0 bridgehead atoms. The van der Waals surface area contributed by atoms with Gasteiger partial charge in [0.25, 0.3) is 0 Å². The monoisotopic (exact) mass is 352 g/mol. The van der Waals surface area contributed by atoms with Crippen LogP contribution in [0.15, 0.2) is 18.3 Å². The van der Waals surface area contributed by atoms with Crippen molar-refractivity contribution in [3.05, 3.63) is 29.2 Å². The van der Waals surface area contributed by atoms with E-state index in [0.717, 1.165) is 38.0 Å². The summed E-state index contributed by atoms with van der Waals surface area (Å²) in [5.74, 6) is 1.35. The molecule has 3 rings (SSSR count). The number of ether oxygens (including phenoxy) is 2. The van der Waals surface area contributed by atoms with Crippen LogP contribution in [0.5, 0.6) is 11.5 Å². The number of hydrogen-bond acceptors (Lipinski definition) is 4. The van der Waals surface area contributed by atoms with Gasteiger partial charge in [-0.15, -0.1) is 0 Å². The van der Waals surface area contributed by atoms with E-state index in [0.29, 0.717) is 29.0 Å². The molecule has 1 N–H and O–H groups in total. The molecular formula is C18H22ClFN2O2. The minimum atomic E-state index is -0.541. The average molecular weight is 353 g/mol. The molecule has 1 aliphatic heterocycles. The van der Waals surface area contributed by atoms with Crippen LogP contribution in [0.2, 0.25) is 5.02 Å². The van der Waals surface area contributed by atoms with Gasteiger partial charge in [-0.1, -0.05) is 11.6 Å².